The lowest BCUT2D eigenvalue weighted by Gasteiger charge is -2.20. The number of H-pyrrole nitrogens is 1. The molecule has 2 N–H and O–H groups in total. The third-order valence-electron chi connectivity index (χ3n) is 4.51. The summed E-state index contributed by atoms with van der Waals surface area (Å²) in [6.07, 6.45) is 1.64. The van der Waals surface area contributed by atoms with E-state index in [4.69, 9.17) is 4.74 Å². The number of aromatic amines is 1. The van der Waals surface area contributed by atoms with Gasteiger partial charge >= 0.3 is 0 Å². The molecule has 1 amide bonds. The highest BCUT2D eigenvalue weighted by molar-refractivity contribution is 7.99. The molecule has 0 aliphatic rings. The van der Waals surface area contributed by atoms with E-state index in [0.717, 1.165) is 35.4 Å². The van der Waals surface area contributed by atoms with E-state index < -0.39 is 0 Å². The highest BCUT2D eigenvalue weighted by Crippen LogP contribution is 2.24. The van der Waals surface area contributed by atoms with Gasteiger partial charge in [0.15, 0.2) is 5.16 Å². The van der Waals surface area contributed by atoms with Crippen molar-refractivity contribution < 1.29 is 9.53 Å². The predicted molar refractivity (Wildman–Crippen MR) is 119 cm³/mol. The fourth-order valence-electron chi connectivity index (χ4n) is 3.07. The Morgan fingerprint density at radius 3 is 2.50 bits per heavy atom. The van der Waals surface area contributed by atoms with Crippen LogP contribution in [0.15, 0.2) is 70.6 Å². The number of carbonyl (C=O) groups excluding carboxylic acids is 1. The maximum atomic E-state index is 12.7. The quantitative estimate of drug-likeness (QED) is 0.405. The van der Waals surface area contributed by atoms with E-state index in [9.17, 15) is 9.59 Å². The molecule has 2 aromatic carbocycles. The lowest BCUT2D eigenvalue weighted by atomic mass is 9.98. The molecule has 0 bridgehead atoms. The zero-order valence-electron chi connectivity index (χ0n) is 17.1. The molecule has 30 heavy (non-hydrogen) atoms. The number of aryl methyl sites for hydroxylation is 1. The number of hydrogen-bond donors (Lipinski definition) is 2. The molecule has 0 spiro atoms. The van der Waals surface area contributed by atoms with Gasteiger partial charge in [-0.1, -0.05) is 67.6 Å². The number of nitrogens with one attached hydrogen (secondary N) is 2. The number of rotatable bonds is 9. The van der Waals surface area contributed by atoms with Gasteiger partial charge in [-0.2, -0.15) is 0 Å². The second-order valence-corrected chi connectivity index (χ2v) is 7.73. The van der Waals surface area contributed by atoms with E-state index in [0.29, 0.717) is 5.16 Å². The molecular weight excluding hydrogens is 398 g/mol. The van der Waals surface area contributed by atoms with Gasteiger partial charge in [0.25, 0.3) is 5.56 Å². The van der Waals surface area contributed by atoms with Gasteiger partial charge in [0.1, 0.15) is 5.75 Å². The number of amides is 1. The SMILES string of the molecule is CCCc1cc(=O)[nH]c(SCC(=O)NC(c2ccccc2)c2ccc(OC)cc2)n1. The number of nitrogens with zero attached hydrogens (tertiary/aromatic N) is 1. The number of aromatic nitrogens is 2. The van der Waals surface area contributed by atoms with Crippen molar-refractivity contribution in [2.45, 2.75) is 31.0 Å². The van der Waals surface area contributed by atoms with Crippen molar-refractivity contribution in [3.63, 3.8) is 0 Å². The number of thioether (sulfide) groups is 1. The molecule has 7 heteroatoms. The third-order valence-corrected chi connectivity index (χ3v) is 5.38. The zero-order chi connectivity index (χ0) is 21.3. The summed E-state index contributed by atoms with van der Waals surface area (Å²) < 4.78 is 5.23. The summed E-state index contributed by atoms with van der Waals surface area (Å²) in [7, 11) is 1.62. The number of ether oxygens (including phenoxy) is 1. The maximum absolute atomic E-state index is 12.7. The van der Waals surface area contributed by atoms with E-state index in [-0.39, 0.29) is 23.3 Å². The number of benzene rings is 2. The number of carbonyl (C=O) groups is 1. The van der Waals surface area contributed by atoms with Crippen LogP contribution in [0.5, 0.6) is 5.75 Å². The Balaban J connectivity index is 1.73. The average molecular weight is 424 g/mol. The Bertz CT molecular complexity index is 1020. The van der Waals surface area contributed by atoms with Crippen LogP contribution in [0.1, 0.15) is 36.2 Å². The van der Waals surface area contributed by atoms with Crippen molar-refractivity contribution in [2.24, 2.45) is 0 Å². The van der Waals surface area contributed by atoms with Crippen molar-refractivity contribution in [3.8, 4) is 5.75 Å². The van der Waals surface area contributed by atoms with Gasteiger partial charge in [0, 0.05) is 11.8 Å². The van der Waals surface area contributed by atoms with Crippen molar-refractivity contribution in [1.29, 1.82) is 0 Å². The molecule has 0 aliphatic heterocycles. The number of hydrogen-bond acceptors (Lipinski definition) is 5. The van der Waals surface area contributed by atoms with Crippen LogP contribution in [0, 0.1) is 0 Å². The Morgan fingerprint density at radius 1 is 1.13 bits per heavy atom. The van der Waals surface area contributed by atoms with E-state index >= 15 is 0 Å². The van der Waals surface area contributed by atoms with E-state index in [1.807, 2.05) is 61.5 Å². The molecule has 0 saturated heterocycles. The maximum Gasteiger partial charge on any atom is 0.251 e. The molecule has 3 rings (SSSR count). The topological polar surface area (TPSA) is 84.1 Å². The first-order chi connectivity index (χ1) is 14.6. The molecule has 1 unspecified atom stereocenters. The molecular formula is C23H25N3O3S. The standard InChI is InChI=1S/C23H25N3O3S/c1-3-7-18-14-20(27)26-23(24-18)30-15-21(28)25-22(16-8-5-4-6-9-16)17-10-12-19(29-2)13-11-17/h4-6,8-14,22H,3,7,15H2,1-2H3,(H,25,28)(H,24,26,27). The van der Waals surface area contributed by atoms with Gasteiger partial charge in [-0.05, 0) is 29.7 Å². The molecule has 6 nitrogen and oxygen atoms in total. The average Bonchev–Trinajstić information content (AvgIpc) is 2.77. The van der Waals surface area contributed by atoms with Crippen molar-refractivity contribution in [3.05, 3.63) is 87.8 Å². The highest BCUT2D eigenvalue weighted by atomic mass is 32.2. The van der Waals surface area contributed by atoms with E-state index in [1.165, 1.54) is 17.8 Å². The summed E-state index contributed by atoms with van der Waals surface area (Å²) in [5.74, 6) is 0.764. The minimum absolute atomic E-state index is 0.145. The summed E-state index contributed by atoms with van der Waals surface area (Å²) in [5, 5.41) is 3.55. The number of methoxy groups -OCH3 is 1. The first kappa shape index (κ1) is 21.6. The summed E-state index contributed by atoms with van der Waals surface area (Å²) >= 11 is 1.22. The van der Waals surface area contributed by atoms with Crippen LogP contribution in [-0.2, 0) is 11.2 Å². The lowest BCUT2D eigenvalue weighted by Crippen LogP contribution is -2.30. The molecule has 0 radical (unpaired) electrons. The largest absolute Gasteiger partial charge is 0.497 e. The van der Waals surface area contributed by atoms with Gasteiger partial charge < -0.3 is 15.0 Å². The molecule has 1 heterocycles. The summed E-state index contributed by atoms with van der Waals surface area (Å²) in [6, 6.07) is 18.6. The van der Waals surface area contributed by atoms with Crippen LogP contribution in [-0.4, -0.2) is 28.7 Å². The molecule has 3 aromatic rings. The summed E-state index contributed by atoms with van der Waals surface area (Å²) in [4.78, 5) is 31.6. The Morgan fingerprint density at radius 2 is 1.83 bits per heavy atom. The molecule has 0 aliphatic carbocycles. The monoisotopic (exact) mass is 423 g/mol. The fraction of sp³-hybridized carbons (Fsp3) is 0.261. The second kappa shape index (κ2) is 10.6. The Hall–Kier alpha value is -3.06. The van der Waals surface area contributed by atoms with Gasteiger partial charge in [0.2, 0.25) is 5.91 Å². The Kier molecular flexibility index (Phi) is 7.68. The molecule has 1 aromatic heterocycles. The normalized spacial score (nSPS) is 11.7. The zero-order valence-corrected chi connectivity index (χ0v) is 17.9. The van der Waals surface area contributed by atoms with Crippen LogP contribution < -0.4 is 15.6 Å². The molecule has 0 fully saturated rings. The first-order valence-corrected chi connectivity index (χ1v) is 10.8. The highest BCUT2D eigenvalue weighted by Gasteiger charge is 2.17. The van der Waals surface area contributed by atoms with E-state index in [2.05, 4.69) is 15.3 Å². The smallest absolute Gasteiger partial charge is 0.251 e. The van der Waals surface area contributed by atoms with Crippen LogP contribution >= 0.6 is 11.8 Å². The molecule has 0 saturated carbocycles. The van der Waals surface area contributed by atoms with Gasteiger partial charge in [-0.3, -0.25) is 9.59 Å². The first-order valence-electron chi connectivity index (χ1n) is 9.80. The Labute approximate surface area is 180 Å². The third kappa shape index (κ3) is 5.97. The molecule has 1 atom stereocenters. The minimum Gasteiger partial charge on any atom is -0.497 e. The fourth-order valence-corrected chi connectivity index (χ4v) is 3.78. The van der Waals surface area contributed by atoms with Crippen molar-refractivity contribution >= 4 is 17.7 Å². The van der Waals surface area contributed by atoms with Gasteiger partial charge in [0.05, 0.1) is 18.9 Å². The van der Waals surface area contributed by atoms with Crippen LogP contribution in [0.4, 0.5) is 0 Å². The van der Waals surface area contributed by atoms with Gasteiger partial charge in [-0.25, -0.2) is 4.98 Å². The van der Waals surface area contributed by atoms with Gasteiger partial charge in [-0.15, -0.1) is 0 Å². The summed E-state index contributed by atoms with van der Waals surface area (Å²) in [6.45, 7) is 2.03. The lowest BCUT2D eigenvalue weighted by molar-refractivity contribution is -0.119. The van der Waals surface area contributed by atoms with Crippen LogP contribution in [0.3, 0.4) is 0 Å². The van der Waals surface area contributed by atoms with Crippen LogP contribution in [0.2, 0.25) is 0 Å². The van der Waals surface area contributed by atoms with Crippen molar-refractivity contribution in [1.82, 2.24) is 15.3 Å². The van der Waals surface area contributed by atoms with Crippen molar-refractivity contribution in [2.75, 3.05) is 12.9 Å². The second-order valence-electron chi connectivity index (χ2n) is 6.76. The van der Waals surface area contributed by atoms with E-state index in [1.54, 1.807) is 7.11 Å². The summed E-state index contributed by atoms with van der Waals surface area (Å²) in [5.41, 5.74) is 2.48. The predicted octanol–water partition coefficient (Wildman–Crippen LogP) is 3.73. The molecule has 156 valence electrons. The van der Waals surface area contributed by atoms with Crippen LogP contribution in [0.25, 0.3) is 0 Å². The minimum atomic E-state index is -0.288.